The van der Waals surface area contributed by atoms with Crippen LogP contribution in [0.25, 0.3) is 0 Å². The number of aliphatic hydroxyl groups is 1. The topological polar surface area (TPSA) is 66.8 Å². The van der Waals surface area contributed by atoms with Crippen LogP contribution < -0.4 is 0 Å². The highest BCUT2D eigenvalue weighted by atomic mass is 32.2. The lowest BCUT2D eigenvalue weighted by Gasteiger charge is -2.21. The molecule has 0 saturated carbocycles. The summed E-state index contributed by atoms with van der Waals surface area (Å²) >= 11 is 0. The number of β-amino-alcohol motifs (C(OH)–C–C–N with tert-alkyl or cyclic N) is 1. The van der Waals surface area contributed by atoms with Crippen LogP contribution >= 0.6 is 0 Å². The monoisotopic (exact) mass is 297 g/mol. The number of hydrogen-bond donors (Lipinski definition) is 1. The first-order valence-corrected chi connectivity index (χ1v) is 7.87. The van der Waals surface area contributed by atoms with E-state index < -0.39 is 22.9 Å². The average molecular weight is 297 g/mol. The minimum absolute atomic E-state index is 0.341. The number of carbonyl (C=O) groups excluding carboxylic acids is 1. The van der Waals surface area contributed by atoms with Crippen LogP contribution in [-0.2, 0) is 20.3 Å². The molecule has 110 valence electrons. The van der Waals surface area contributed by atoms with Gasteiger partial charge in [-0.15, -0.1) is 0 Å². The number of esters is 1. The van der Waals surface area contributed by atoms with Crippen LogP contribution in [0.4, 0.5) is 0 Å². The Hall–Kier alpha value is -1.24. The first-order chi connectivity index (χ1) is 9.61. The Morgan fingerprint density at radius 2 is 2.15 bits per heavy atom. The van der Waals surface area contributed by atoms with Crippen LogP contribution in [0.3, 0.4) is 0 Å². The second-order valence-electron chi connectivity index (χ2n) is 4.79. The number of nitrogens with zero attached hydrogens (tertiary/aromatic N) is 1. The summed E-state index contributed by atoms with van der Waals surface area (Å²) < 4.78 is 16.9. The van der Waals surface area contributed by atoms with Crippen LogP contribution in [0, 0.1) is 0 Å². The van der Waals surface area contributed by atoms with E-state index in [1.165, 1.54) is 7.11 Å². The SMILES string of the molecule is COC(=O)[C@@H]1C[C@@H](O)CN1CC[S@@](=O)c1ccccc1. The lowest BCUT2D eigenvalue weighted by atomic mass is 10.2. The molecule has 1 aliphatic heterocycles. The Morgan fingerprint density at radius 3 is 2.80 bits per heavy atom. The predicted molar refractivity (Wildman–Crippen MR) is 75.7 cm³/mol. The van der Waals surface area contributed by atoms with E-state index in [1.807, 2.05) is 35.2 Å². The Bertz CT molecular complexity index is 479. The van der Waals surface area contributed by atoms with E-state index in [1.54, 1.807) is 0 Å². The summed E-state index contributed by atoms with van der Waals surface area (Å²) in [6, 6.07) is 8.81. The Kier molecular flexibility index (Phi) is 5.28. The molecule has 1 aliphatic rings. The minimum atomic E-state index is -1.10. The van der Waals surface area contributed by atoms with Crippen molar-refractivity contribution in [1.82, 2.24) is 4.90 Å². The van der Waals surface area contributed by atoms with E-state index in [0.717, 1.165) is 4.90 Å². The molecule has 1 fully saturated rings. The van der Waals surface area contributed by atoms with Gasteiger partial charge in [-0.1, -0.05) is 18.2 Å². The number of methoxy groups -OCH3 is 1. The van der Waals surface area contributed by atoms with Gasteiger partial charge >= 0.3 is 5.97 Å². The smallest absolute Gasteiger partial charge is 0.323 e. The van der Waals surface area contributed by atoms with E-state index in [9.17, 15) is 14.1 Å². The summed E-state index contributed by atoms with van der Waals surface area (Å²) in [4.78, 5) is 14.3. The van der Waals surface area contributed by atoms with Crippen molar-refractivity contribution in [3.63, 3.8) is 0 Å². The van der Waals surface area contributed by atoms with E-state index in [4.69, 9.17) is 4.74 Å². The number of aliphatic hydroxyl groups excluding tert-OH is 1. The van der Waals surface area contributed by atoms with Crippen molar-refractivity contribution in [2.24, 2.45) is 0 Å². The Morgan fingerprint density at radius 1 is 1.45 bits per heavy atom. The zero-order valence-electron chi connectivity index (χ0n) is 11.4. The van der Waals surface area contributed by atoms with Crippen LogP contribution in [0.5, 0.6) is 0 Å². The van der Waals surface area contributed by atoms with Crippen molar-refractivity contribution in [3.8, 4) is 0 Å². The van der Waals surface area contributed by atoms with Gasteiger partial charge in [0.15, 0.2) is 0 Å². The number of carbonyl (C=O) groups is 1. The maximum Gasteiger partial charge on any atom is 0.323 e. The zero-order valence-corrected chi connectivity index (χ0v) is 12.2. The Balaban J connectivity index is 1.92. The number of benzene rings is 1. The van der Waals surface area contributed by atoms with Crippen molar-refractivity contribution in [1.29, 1.82) is 0 Å². The van der Waals surface area contributed by atoms with Crippen LogP contribution in [0.2, 0.25) is 0 Å². The molecule has 0 bridgehead atoms. The molecule has 0 unspecified atom stereocenters. The quantitative estimate of drug-likeness (QED) is 0.797. The molecule has 20 heavy (non-hydrogen) atoms. The van der Waals surface area contributed by atoms with Crippen LogP contribution in [-0.4, -0.2) is 58.3 Å². The number of hydrogen-bond acceptors (Lipinski definition) is 5. The highest BCUT2D eigenvalue weighted by Crippen LogP contribution is 2.19. The first-order valence-electron chi connectivity index (χ1n) is 6.55. The van der Waals surface area contributed by atoms with Gasteiger partial charge in [-0.3, -0.25) is 13.9 Å². The molecule has 2 rings (SSSR count). The van der Waals surface area contributed by atoms with Gasteiger partial charge in [0.25, 0.3) is 0 Å². The van der Waals surface area contributed by atoms with Gasteiger partial charge in [0.1, 0.15) is 6.04 Å². The van der Waals surface area contributed by atoms with Crippen LogP contribution in [0.1, 0.15) is 6.42 Å². The molecule has 5 nitrogen and oxygen atoms in total. The fourth-order valence-corrected chi connectivity index (χ4v) is 3.49. The van der Waals surface area contributed by atoms with Crippen molar-refractivity contribution in [3.05, 3.63) is 30.3 Å². The molecule has 0 spiro atoms. The molecule has 1 saturated heterocycles. The Labute approximate surface area is 121 Å². The number of likely N-dealkylation sites (tertiary alicyclic amines) is 1. The number of rotatable bonds is 5. The normalized spacial score (nSPS) is 24.5. The fourth-order valence-electron chi connectivity index (χ4n) is 2.40. The molecule has 6 heteroatoms. The maximum atomic E-state index is 12.1. The molecule has 0 amide bonds. The molecular weight excluding hydrogens is 278 g/mol. The average Bonchev–Trinajstić information content (AvgIpc) is 2.86. The minimum Gasteiger partial charge on any atom is -0.468 e. The van der Waals surface area contributed by atoms with Gasteiger partial charge in [-0.2, -0.15) is 0 Å². The van der Waals surface area contributed by atoms with E-state index in [2.05, 4.69) is 0 Å². The summed E-state index contributed by atoms with van der Waals surface area (Å²) in [5, 5.41) is 9.67. The zero-order chi connectivity index (χ0) is 14.5. The van der Waals surface area contributed by atoms with Crippen molar-refractivity contribution >= 4 is 16.8 Å². The summed E-state index contributed by atoms with van der Waals surface area (Å²) in [6.45, 7) is 0.921. The molecule has 1 aromatic rings. The standard InChI is InChI=1S/C14H19NO4S/c1-19-14(17)13-9-11(16)10-15(13)7-8-20(18)12-5-3-2-4-6-12/h2-6,11,13,16H,7-10H2,1H3/t11-,13+,20-/m1/s1. The predicted octanol–water partition coefficient (Wildman–Crippen LogP) is 0.402. The third-order valence-electron chi connectivity index (χ3n) is 3.42. The van der Waals surface area contributed by atoms with E-state index in [-0.39, 0.29) is 5.97 Å². The van der Waals surface area contributed by atoms with E-state index >= 15 is 0 Å². The number of ether oxygens (including phenoxy) is 1. The first kappa shape index (κ1) is 15.2. The van der Waals surface area contributed by atoms with Gasteiger partial charge < -0.3 is 9.84 Å². The fraction of sp³-hybridized carbons (Fsp3) is 0.500. The highest BCUT2D eigenvalue weighted by Gasteiger charge is 2.36. The molecular formula is C14H19NO4S. The largest absolute Gasteiger partial charge is 0.468 e. The summed E-state index contributed by atoms with van der Waals surface area (Å²) in [5.41, 5.74) is 0. The third-order valence-corrected chi connectivity index (χ3v) is 4.78. The molecule has 0 aliphatic carbocycles. The summed E-state index contributed by atoms with van der Waals surface area (Å²) in [5.74, 6) is 0.0940. The third kappa shape index (κ3) is 3.65. The molecule has 0 aromatic heterocycles. The van der Waals surface area contributed by atoms with E-state index in [0.29, 0.717) is 25.3 Å². The lowest BCUT2D eigenvalue weighted by Crippen LogP contribution is -2.39. The van der Waals surface area contributed by atoms with Crippen LogP contribution in [0.15, 0.2) is 35.2 Å². The van der Waals surface area contributed by atoms with Gasteiger partial charge in [0.2, 0.25) is 0 Å². The maximum absolute atomic E-state index is 12.1. The second-order valence-corrected chi connectivity index (χ2v) is 6.36. The second kappa shape index (κ2) is 6.97. The van der Waals surface area contributed by atoms with Crippen molar-refractivity contribution in [2.45, 2.75) is 23.5 Å². The summed E-state index contributed by atoms with van der Waals surface area (Å²) in [7, 11) is 0.244. The van der Waals surface area contributed by atoms with Gasteiger partial charge in [-0.05, 0) is 12.1 Å². The molecule has 3 atom stereocenters. The van der Waals surface area contributed by atoms with Crippen molar-refractivity contribution in [2.75, 3.05) is 26.0 Å². The van der Waals surface area contributed by atoms with Gasteiger partial charge in [0, 0.05) is 30.2 Å². The molecule has 1 heterocycles. The summed E-state index contributed by atoms with van der Waals surface area (Å²) in [6.07, 6.45) is -0.144. The molecule has 0 radical (unpaired) electrons. The lowest BCUT2D eigenvalue weighted by molar-refractivity contribution is -0.145. The van der Waals surface area contributed by atoms with Crippen molar-refractivity contribution < 1.29 is 18.8 Å². The highest BCUT2D eigenvalue weighted by molar-refractivity contribution is 7.85. The van der Waals surface area contributed by atoms with Gasteiger partial charge in [0.05, 0.1) is 24.0 Å². The molecule has 1 N–H and O–H groups in total. The molecule has 1 aromatic carbocycles. The van der Waals surface area contributed by atoms with Gasteiger partial charge in [-0.25, -0.2) is 0 Å².